The fraction of sp³-hybridized carbons (Fsp3) is 0.680. The van der Waals surface area contributed by atoms with Crippen molar-refractivity contribution in [3.05, 3.63) is 35.1 Å². The number of hydrogen-bond donors (Lipinski definition) is 1. The highest BCUT2D eigenvalue weighted by molar-refractivity contribution is 5.97. The second-order valence-corrected chi connectivity index (χ2v) is 10.6. The van der Waals surface area contributed by atoms with E-state index in [0.717, 1.165) is 17.8 Å². The molecule has 0 atom stereocenters. The molecule has 7 heteroatoms. The first-order valence-electron chi connectivity index (χ1n) is 12.1. The van der Waals surface area contributed by atoms with Gasteiger partial charge in [0.25, 0.3) is 0 Å². The maximum Gasteiger partial charge on any atom is 0.320 e. The fourth-order valence-electron chi connectivity index (χ4n) is 7.21. The zero-order chi connectivity index (χ0) is 22.3. The third-order valence-electron chi connectivity index (χ3n) is 8.17. The Labute approximate surface area is 189 Å². The van der Waals surface area contributed by atoms with Crippen LogP contribution in [-0.2, 0) is 11.3 Å². The van der Waals surface area contributed by atoms with Crippen molar-refractivity contribution in [3.8, 4) is 0 Å². The number of morpholine rings is 1. The van der Waals surface area contributed by atoms with Crippen LogP contribution in [0.25, 0.3) is 0 Å². The smallest absolute Gasteiger partial charge is 0.320 e. The maximum atomic E-state index is 14.9. The second-order valence-electron chi connectivity index (χ2n) is 10.6. The van der Waals surface area contributed by atoms with Crippen LogP contribution in [-0.4, -0.2) is 61.0 Å². The van der Waals surface area contributed by atoms with Crippen LogP contribution in [0, 0.1) is 29.0 Å². The van der Waals surface area contributed by atoms with E-state index in [1.165, 1.54) is 44.6 Å². The minimum absolute atomic E-state index is 0.0226. The van der Waals surface area contributed by atoms with Crippen LogP contribution in [0.4, 0.5) is 9.18 Å². The molecule has 1 aromatic rings. The van der Waals surface area contributed by atoms with Gasteiger partial charge >= 0.3 is 6.03 Å². The van der Waals surface area contributed by atoms with E-state index in [9.17, 15) is 14.0 Å². The van der Waals surface area contributed by atoms with Crippen LogP contribution in [0.1, 0.15) is 54.4 Å². The summed E-state index contributed by atoms with van der Waals surface area (Å²) in [5, 5.41) is 0. The van der Waals surface area contributed by atoms with Gasteiger partial charge in [0.15, 0.2) is 5.78 Å². The monoisotopic (exact) mass is 443 g/mol. The number of Topliss-reactive ketones (excluding diaryl/α,β-unsaturated/α-hetero) is 1. The summed E-state index contributed by atoms with van der Waals surface area (Å²) < 4.78 is 20.4. The fourth-order valence-corrected chi connectivity index (χ4v) is 7.21. The van der Waals surface area contributed by atoms with Gasteiger partial charge in [-0.15, -0.1) is 0 Å². The minimum Gasteiger partial charge on any atom is -0.378 e. The number of urea groups is 1. The molecule has 1 saturated heterocycles. The van der Waals surface area contributed by atoms with Crippen LogP contribution >= 0.6 is 0 Å². The summed E-state index contributed by atoms with van der Waals surface area (Å²) >= 11 is 0. The molecule has 1 aliphatic heterocycles. The van der Waals surface area contributed by atoms with Crippen molar-refractivity contribution in [3.63, 3.8) is 0 Å². The summed E-state index contributed by atoms with van der Waals surface area (Å²) in [4.78, 5) is 29.1. The minimum atomic E-state index is -0.449. The molecule has 1 heterocycles. The number of hydrogen-bond acceptors (Lipinski definition) is 4. The van der Waals surface area contributed by atoms with Gasteiger partial charge in [-0.2, -0.15) is 0 Å². The van der Waals surface area contributed by atoms with Gasteiger partial charge in [0, 0.05) is 30.8 Å². The molecule has 0 aromatic heterocycles. The Bertz CT molecular complexity index is 848. The van der Waals surface area contributed by atoms with Crippen molar-refractivity contribution in [1.29, 1.82) is 0 Å². The number of ether oxygens (including phenoxy) is 1. The Morgan fingerprint density at radius 1 is 1.09 bits per heavy atom. The average Bonchev–Trinajstić information content (AvgIpc) is 2.78. The molecule has 1 aromatic carbocycles. The van der Waals surface area contributed by atoms with Crippen molar-refractivity contribution < 1.29 is 18.7 Å². The number of amides is 2. The highest BCUT2D eigenvalue weighted by atomic mass is 19.1. The molecule has 5 aliphatic rings. The third-order valence-corrected chi connectivity index (χ3v) is 8.17. The number of carbonyl (C=O) groups excluding carboxylic acids is 2. The molecule has 4 bridgehead atoms. The van der Waals surface area contributed by atoms with Gasteiger partial charge in [0.1, 0.15) is 5.82 Å². The summed E-state index contributed by atoms with van der Waals surface area (Å²) in [6.45, 7) is 3.00. The lowest BCUT2D eigenvalue weighted by Crippen LogP contribution is -2.55. The molecule has 0 unspecified atom stereocenters. The highest BCUT2D eigenvalue weighted by Crippen LogP contribution is 2.60. The molecule has 4 aliphatic carbocycles. The van der Waals surface area contributed by atoms with Crippen LogP contribution in [0.15, 0.2) is 18.2 Å². The zero-order valence-electron chi connectivity index (χ0n) is 18.7. The molecular formula is C25H34FN3O3. The van der Waals surface area contributed by atoms with Gasteiger partial charge in [-0.3, -0.25) is 4.79 Å². The highest BCUT2D eigenvalue weighted by Gasteiger charge is 2.51. The second kappa shape index (κ2) is 8.75. The van der Waals surface area contributed by atoms with Crippen LogP contribution < -0.4 is 5.73 Å². The van der Waals surface area contributed by atoms with E-state index < -0.39 is 5.82 Å². The zero-order valence-corrected chi connectivity index (χ0v) is 18.7. The molecule has 0 spiro atoms. The first-order valence-corrected chi connectivity index (χ1v) is 12.1. The summed E-state index contributed by atoms with van der Waals surface area (Å²) in [6.07, 6.45) is 7.63. The van der Waals surface area contributed by atoms with Gasteiger partial charge in [-0.05, 0) is 67.8 Å². The summed E-state index contributed by atoms with van der Waals surface area (Å²) in [5.41, 5.74) is 6.32. The lowest BCUT2D eigenvalue weighted by Gasteiger charge is -2.58. The SMILES string of the molecule is NCC(=O)c1ccc(CN(CC23CC4CC(CC(C4)C2)C3)C(=O)N2CCOCC2)c(F)c1. The molecule has 6 rings (SSSR count). The number of ketones is 1. The standard InChI is InChI=1S/C25H34FN3O3/c26-22-10-20(23(30)14-27)1-2-21(22)15-29(24(31)28-3-5-32-6-4-28)16-25-11-17-7-18(12-25)9-19(8-17)13-25/h1-2,10,17-19H,3-9,11-16,27H2. The first kappa shape index (κ1) is 21.8. The number of nitrogens with zero attached hydrogens (tertiary/aromatic N) is 2. The quantitative estimate of drug-likeness (QED) is 0.684. The molecule has 2 amide bonds. The Morgan fingerprint density at radius 2 is 1.72 bits per heavy atom. The van der Waals surface area contributed by atoms with Gasteiger partial charge in [0.05, 0.1) is 26.3 Å². The van der Waals surface area contributed by atoms with Crippen LogP contribution in [0.3, 0.4) is 0 Å². The number of carbonyl (C=O) groups is 2. The van der Waals surface area contributed by atoms with E-state index in [1.807, 2.05) is 9.80 Å². The van der Waals surface area contributed by atoms with E-state index >= 15 is 0 Å². The van der Waals surface area contributed by atoms with E-state index in [4.69, 9.17) is 10.5 Å². The lowest BCUT2D eigenvalue weighted by molar-refractivity contribution is -0.0672. The molecule has 32 heavy (non-hydrogen) atoms. The largest absolute Gasteiger partial charge is 0.378 e. The molecule has 174 valence electrons. The van der Waals surface area contributed by atoms with E-state index in [-0.39, 0.29) is 35.9 Å². The van der Waals surface area contributed by atoms with E-state index in [1.54, 1.807) is 12.1 Å². The molecule has 0 radical (unpaired) electrons. The normalized spacial score (nSPS) is 31.1. The van der Waals surface area contributed by atoms with Gasteiger partial charge < -0.3 is 20.3 Å². The van der Waals surface area contributed by atoms with E-state index in [0.29, 0.717) is 38.4 Å². The first-order chi connectivity index (χ1) is 15.4. The third kappa shape index (κ3) is 4.29. The average molecular weight is 444 g/mol. The molecule has 4 saturated carbocycles. The van der Waals surface area contributed by atoms with Gasteiger partial charge in [0.2, 0.25) is 0 Å². The lowest BCUT2D eigenvalue weighted by atomic mass is 9.49. The molecular weight excluding hydrogens is 409 g/mol. The predicted octanol–water partition coefficient (Wildman–Crippen LogP) is 3.44. The topological polar surface area (TPSA) is 75.9 Å². The maximum absolute atomic E-state index is 14.9. The van der Waals surface area contributed by atoms with Gasteiger partial charge in [-0.1, -0.05) is 12.1 Å². The number of rotatable bonds is 6. The Hall–Kier alpha value is -1.99. The van der Waals surface area contributed by atoms with Crippen LogP contribution in [0.2, 0.25) is 0 Å². The Kier molecular flexibility index (Phi) is 5.97. The molecule has 5 fully saturated rings. The summed E-state index contributed by atoms with van der Waals surface area (Å²) in [6, 6.07) is 4.49. The van der Waals surface area contributed by atoms with E-state index in [2.05, 4.69) is 0 Å². The van der Waals surface area contributed by atoms with Crippen LogP contribution in [0.5, 0.6) is 0 Å². The van der Waals surface area contributed by atoms with Crippen molar-refractivity contribution >= 4 is 11.8 Å². The van der Waals surface area contributed by atoms with Crippen molar-refractivity contribution in [2.45, 2.75) is 45.1 Å². The molecule has 2 N–H and O–H groups in total. The molecule has 6 nitrogen and oxygen atoms in total. The summed E-state index contributed by atoms with van der Waals surface area (Å²) in [5.74, 6) is 1.64. The Balaban J connectivity index is 1.39. The number of halogens is 1. The van der Waals surface area contributed by atoms with Crippen molar-refractivity contribution in [1.82, 2.24) is 9.80 Å². The van der Waals surface area contributed by atoms with Crippen molar-refractivity contribution in [2.24, 2.45) is 28.9 Å². The number of nitrogens with two attached hydrogens (primary N) is 1. The van der Waals surface area contributed by atoms with Gasteiger partial charge in [-0.25, -0.2) is 9.18 Å². The summed E-state index contributed by atoms with van der Waals surface area (Å²) in [7, 11) is 0. The van der Waals surface area contributed by atoms with Crippen molar-refractivity contribution in [2.75, 3.05) is 39.4 Å². The Morgan fingerprint density at radius 3 is 2.28 bits per heavy atom. The number of benzene rings is 1. The predicted molar refractivity (Wildman–Crippen MR) is 119 cm³/mol.